The highest BCUT2D eigenvalue weighted by Gasteiger charge is 2.19. The first-order valence-corrected chi connectivity index (χ1v) is 6.86. The standard InChI is InChI=1S/C12H12ClIO3/c13-8-3-4-11(14)10(6-8)12(15)17-7-9-2-1-5-16-9/h3-4,6,9H,1-2,5,7H2. The largest absolute Gasteiger partial charge is 0.459 e. The van der Waals surface area contributed by atoms with Crippen LogP contribution in [-0.2, 0) is 9.47 Å². The third-order valence-corrected chi connectivity index (χ3v) is 3.75. The van der Waals surface area contributed by atoms with E-state index in [0.717, 1.165) is 23.0 Å². The van der Waals surface area contributed by atoms with E-state index >= 15 is 0 Å². The smallest absolute Gasteiger partial charge is 0.339 e. The van der Waals surface area contributed by atoms with Crippen LogP contribution in [-0.4, -0.2) is 25.3 Å². The summed E-state index contributed by atoms with van der Waals surface area (Å²) in [7, 11) is 0. The van der Waals surface area contributed by atoms with Crippen molar-refractivity contribution in [3.05, 3.63) is 32.4 Å². The van der Waals surface area contributed by atoms with Crippen LogP contribution >= 0.6 is 34.2 Å². The van der Waals surface area contributed by atoms with Gasteiger partial charge in [-0.1, -0.05) is 11.6 Å². The molecular weight excluding hydrogens is 354 g/mol. The molecule has 17 heavy (non-hydrogen) atoms. The molecule has 0 amide bonds. The molecule has 1 aromatic carbocycles. The average Bonchev–Trinajstić information content (AvgIpc) is 2.82. The summed E-state index contributed by atoms with van der Waals surface area (Å²) >= 11 is 7.94. The van der Waals surface area contributed by atoms with Gasteiger partial charge in [-0.2, -0.15) is 0 Å². The van der Waals surface area contributed by atoms with Crippen LogP contribution in [0.25, 0.3) is 0 Å². The summed E-state index contributed by atoms with van der Waals surface area (Å²) < 4.78 is 11.4. The van der Waals surface area contributed by atoms with Crippen molar-refractivity contribution in [1.29, 1.82) is 0 Å². The molecule has 2 rings (SSSR count). The Kier molecular flexibility index (Phi) is 4.64. The molecule has 0 saturated carbocycles. The first-order chi connectivity index (χ1) is 8.16. The normalized spacial score (nSPS) is 19.3. The van der Waals surface area contributed by atoms with E-state index in [1.165, 1.54) is 0 Å². The van der Waals surface area contributed by atoms with E-state index in [-0.39, 0.29) is 12.1 Å². The van der Waals surface area contributed by atoms with E-state index < -0.39 is 0 Å². The van der Waals surface area contributed by atoms with Gasteiger partial charge < -0.3 is 9.47 Å². The molecule has 0 N–H and O–H groups in total. The Balaban J connectivity index is 1.96. The molecule has 3 nitrogen and oxygen atoms in total. The third kappa shape index (κ3) is 3.56. The molecule has 0 aliphatic carbocycles. The Morgan fingerprint density at radius 3 is 3.12 bits per heavy atom. The lowest BCUT2D eigenvalue weighted by atomic mass is 10.2. The third-order valence-electron chi connectivity index (χ3n) is 2.57. The van der Waals surface area contributed by atoms with Crippen molar-refractivity contribution >= 4 is 40.2 Å². The molecule has 0 radical (unpaired) electrons. The van der Waals surface area contributed by atoms with Crippen molar-refractivity contribution < 1.29 is 14.3 Å². The Labute approximate surface area is 119 Å². The second-order valence-corrected chi connectivity index (χ2v) is 5.46. The number of carbonyl (C=O) groups is 1. The number of esters is 1. The average molecular weight is 367 g/mol. The molecule has 0 bridgehead atoms. The van der Waals surface area contributed by atoms with Gasteiger partial charge in [0.15, 0.2) is 0 Å². The van der Waals surface area contributed by atoms with Crippen LogP contribution in [0.3, 0.4) is 0 Å². The second-order valence-electron chi connectivity index (χ2n) is 3.86. The molecule has 0 aromatic heterocycles. The lowest BCUT2D eigenvalue weighted by Gasteiger charge is -2.11. The summed E-state index contributed by atoms with van der Waals surface area (Å²) in [6.07, 6.45) is 2.05. The van der Waals surface area contributed by atoms with Gasteiger partial charge in [0.25, 0.3) is 0 Å². The molecule has 5 heteroatoms. The summed E-state index contributed by atoms with van der Waals surface area (Å²) in [6, 6.07) is 5.17. The fourth-order valence-electron chi connectivity index (χ4n) is 1.68. The Morgan fingerprint density at radius 1 is 1.59 bits per heavy atom. The predicted molar refractivity (Wildman–Crippen MR) is 73.4 cm³/mol. The highest BCUT2D eigenvalue weighted by atomic mass is 127. The molecule has 0 spiro atoms. The van der Waals surface area contributed by atoms with E-state index in [1.807, 2.05) is 0 Å². The van der Waals surface area contributed by atoms with Crippen LogP contribution in [0, 0.1) is 3.57 Å². The summed E-state index contributed by atoms with van der Waals surface area (Å²) in [5.41, 5.74) is 0.510. The van der Waals surface area contributed by atoms with Crippen LogP contribution in [0.1, 0.15) is 23.2 Å². The van der Waals surface area contributed by atoms with Gasteiger partial charge in [0.2, 0.25) is 0 Å². The molecule has 1 saturated heterocycles. The number of ether oxygens (including phenoxy) is 2. The molecule has 1 atom stereocenters. The first kappa shape index (κ1) is 13.1. The number of rotatable bonds is 3. The first-order valence-electron chi connectivity index (χ1n) is 5.40. The van der Waals surface area contributed by atoms with Crippen molar-refractivity contribution in [3.63, 3.8) is 0 Å². The van der Waals surface area contributed by atoms with Gasteiger partial charge >= 0.3 is 5.97 Å². The Morgan fingerprint density at radius 2 is 2.41 bits per heavy atom. The molecule has 1 heterocycles. The van der Waals surface area contributed by atoms with Gasteiger partial charge in [0.05, 0.1) is 11.7 Å². The molecule has 1 unspecified atom stereocenters. The van der Waals surface area contributed by atoms with Crippen molar-refractivity contribution in [2.24, 2.45) is 0 Å². The molecular formula is C12H12ClIO3. The zero-order valence-corrected chi connectivity index (χ0v) is 12.0. The van der Waals surface area contributed by atoms with Gasteiger partial charge in [-0.05, 0) is 53.6 Å². The van der Waals surface area contributed by atoms with Crippen molar-refractivity contribution in [3.8, 4) is 0 Å². The molecule has 1 aliphatic heterocycles. The van der Waals surface area contributed by atoms with Gasteiger partial charge in [0.1, 0.15) is 6.61 Å². The topological polar surface area (TPSA) is 35.5 Å². The number of hydrogen-bond acceptors (Lipinski definition) is 3. The van der Waals surface area contributed by atoms with Gasteiger partial charge in [-0.15, -0.1) is 0 Å². The minimum Gasteiger partial charge on any atom is -0.459 e. The monoisotopic (exact) mass is 366 g/mol. The lowest BCUT2D eigenvalue weighted by Crippen LogP contribution is -2.18. The SMILES string of the molecule is O=C(OCC1CCCO1)c1cc(Cl)ccc1I. The maximum absolute atomic E-state index is 11.8. The van der Waals surface area contributed by atoms with Gasteiger partial charge in [0, 0.05) is 15.2 Å². The fraction of sp³-hybridized carbons (Fsp3) is 0.417. The Hall–Kier alpha value is -0.330. The van der Waals surface area contributed by atoms with Crippen molar-refractivity contribution in [2.45, 2.75) is 18.9 Å². The van der Waals surface area contributed by atoms with Crippen LogP contribution < -0.4 is 0 Å². The van der Waals surface area contributed by atoms with Crippen molar-refractivity contribution in [2.75, 3.05) is 13.2 Å². The van der Waals surface area contributed by atoms with Gasteiger partial charge in [-0.3, -0.25) is 0 Å². The Bertz CT molecular complexity index is 416. The zero-order valence-electron chi connectivity index (χ0n) is 9.12. The number of benzene rings is 1. The zero-order chi connectivity index (χ0) is 12.3. The molecule has 1 aliphatic rings. The predicted octanol–water partition coefficient (Wildman–Crippen LogP) is 3.28. The lowest BCUT2D eigenvalue weighted by molar-refractivity contribution is 0.0160. The number of hydrogen-bond donors (Lipinski definition) is 0. The van der Waals surface area contributed by atoms with E-state index in [1.54, 1.807) is 18.2 Å². The number of carbonyl (C=O) groups excluding carboxylic acids is 1. The fourth-order valence-corrected chi connectivity index (χ4v) is 2.40. The highest BCUT2D eigenvalue weighted by molar-refractivity contribution is 14.1. The number of halogens is 2. The maximum Gasteiger partial charge on any atom is 0.339 e. The summed E-state index contributed by atoms with van der Waals surface area (Å²) in [5.74, 6) is -0.340. The van der Waals surface area contributed by atoms with E-state index in [0.29, 0.717) is 17.2 Å². The van der Waals surface area contributed by atoms with Crippen LogP contribution in [0.5, 0.6) is 0 Å². The minimum atomic E-state index is -0.340. The van der Waals surface area contributed by atoms with E-state index in [2.05, 4.69) is 22.6 Å². The second kappa shape index (κ2) is 6.02. The molecule has 1 aromatic rings. The van der Waals surface area contributed by atoms with Crippen LogP contribution in [0.4, 0.5) is 0 Å². The summed E-state index contributed by atoms with van der Waals surface area (Å²) in [5, 5.41) is 0.537. The van der Waals surface area contributed by atoms with E-state index in [9.17, 15) is 4.79 Å². The molecule has 1 fully saturated rings. The van der Waals surface area contributed by atoms with Crippen LogP contribution in [0.15, 0.2) is 18.2 Å². The quantitative estimate of drug-likeness (QED) is 0.608. The van der Waals surface area contributed by atoms with Crippen LogP contribution in [0.2, 0.25) is 5.02 Å². The van der Waals surface area contributed by atoms with E-state index in [4.69, 9.17) is 21.1 Å². The molecule has 92 valence electrons. The minimum absolute atomic E-state index is 0.0517. The summed E-state index contributed by atoms with van der Waals surface area (Å²) in [4.78, 5) is 11.8. The van der Waals surface area contributed by atoms with Crippen molar-refractivity contribution in [1.82, 2.24) is 0 Å². The highest BCUT2D eigenvalue weighted by Crippen LogP contribution is 2.19. The maximum atomic E-state index is 11.8. The summed E-state index contributed by atoms with van der Waals surface area (Å²) in [6.45, 7) is 1.08. The van der Waals surface area contributed by atoms with Gasteiger partial charge in [-0.25, -0.2) is 4.79 Å².